The van der Waals surface area contributed by atoms with Gasteiger partial charge in [0.25, 0.3) is 0 Å². The summed E-state index contributed by atoms with van der Waals surface area (Å²) in [6.07, 6.45) is 0. The minimum atomic E-state index is 0.366. The number of hydrogen-bond donors (Lipinski definition) is 2. The van der Waals surface area contributed by atoms with Crippen LogP contribution in [0, 0.1) is 6.92 Å². The number of piperazine rings is 1. The van der Waals surface area contributed by atoms with Gasteiger partial charge in [-0.3, -0.25) is 4.90 Å². The van der Waals surface area contributed by atoms with E-state index in [1.807, 2.05) is 23.5 Å². The van der Waals surface area contributed by atoms with Gasteiger partial charge in [0, 0.05) is 43.3 Å². The zero-order chi connectivity index (χ0) is 17.6. The molecule has 4 nitrogen and oxygen atoms in total. The molecule has 25 heavy (non-hydrogen) atoms. The Kier molecular flexibility index (Phi) is 6.42. The Bertz CT molecular complexity index is 678. The Hall–Kier alpha value is -1.47. The highest BCUT2D eigenvalue weighted by Crippen LogP contribution is 2.25. The SMILES string of the molecule is Cc1ccccc1NC(=S)NC[C@H](c1cccs1)N1CCN(C)CC1. The number of aryl methyl sites for hydroxylation is 1. The van der Waals surface area contributed by atoms with Crippen LogP contribution in [0.1, 0.15) is 16.5 Å². The molecule has 134 valence electrons. The minimum Gasteiger partial charge on any atom is -0.360 e. The van der Waals surface area contributed by atoms with E-state index >= 15 is 0 Å². The summed E-state index contributed by atoms with van der Waals surface area (Å²) in [5, 5.41) is 9.59. The van der Waals surface area contributed by atoms with Crippen molar-refractivity contribution in [1.82, 2.24) is 15.1 Å². The van der Waals surface area contributed by atoms with Gasteiger partial charge in [-0.2, -0.15) is 0 Å². The number of likely N-dealkylation sites (N-methyl/N-ethyl adjacent to an activating group) is 1. The van der Waals surface area contributed by atoms with Crippen molar-refractivity contribution in [3.63, 3.8) is 0 Å². The van der Waals surface area contributed by atoms with E-state index in [0.29, 0.717) is 11.2 Å². The number of para-hydroxylation sites is 1. The first kappa shape index (κ1) is 18.3. The molecule has 0 bridgehead atoms. The normalized spacial score (nSPS) is 17.2. The average molecular weight is 375 g/mol. The fraction of sp³-hybridized carbons (Fsp3) is 0.421. The van der Waals surface area contributed by atoms with Crippen molar-refractivity contribution in [2.45, 2.75) is 13.0 Å². The molecule has 0 unspecified atom stereocenters. The predicted octanol–water partition coefficient (Wildman–Crippen LogP) is 3.33. The van der Waals surface area contributed by atoms with E-state index in [4.69, 9.17) is 12.2 Å². The van der Waals surface area contributed by atoms with Gasteiger partial charge in [-0.1, -0.05) is 24.3 Å². The first-order valence-electron chi connectivity index (χ1n) is 8.70. The lowest BCUT2D eigenvalue weighted by Gasteiger charge is -2.37. The van der Waals surface area contributed by atoms with Crippen molar-refractivity contribution < 1.29 is 0 Å². The van der Waals surface area contributed by atoms with E-state index in [2.05, 4.69) is 64.1 Å². The van der Waals surface area contributed by atoms with E-state index in [1.54, 1.807) is 0 Å². The summed E-state index contributed by atoms with van der Waals surface area (Å²) < 4.78 is 0. The maximum atomic E-state index is 5.52. The largest absolute Gasteiger partial charge is 0.360 e. The summed E-state index contributed by atoms with van der Waals surface area (Å²) in [5.41, 5.74) is 2.26. The van der Waals surface area contributed by atoms with Crippen LogP contribution in [-0.4, -0.2) is 54.7 Å². The number of nitrogens with zero attached hydrogens (tertiary/aromatic N) is 2. The van der Waals surface area contributed by atoms with Gasteiger partial charge < -0.3 is 15.5 Å². The van der Waals surface area contributed by atoms with Crippen LogP contribution in [0.15, 0.2) is 41.8 Å². The van der Waals surface area contributed by atoms with Gasteiger partial charge in [-0.25, -0.2) is 0 Å². The summed E-state index contributed by atoms with van der Waals surface area (Å²) in [7, 11) is 2.19. The molecule has 1 fully saturated rings. The van der Waals surface area contributed by atoms with Gasteiger partial charge in [0.05, 0.1) is 6.04 Å². The van der Waals surface area contributed by atoms with Crippen LogP contribution in [-0.2, 0) is 0 Å². The number of hydrogen-bond acceptors (Lipinski definition) is 4. The van der Waals surface area contributed by atoms with Gasteiger partial charge in [0.1, 0.15) is 0 Å². The second-order valence-corrected chi connectivity index (χ2v) is 7.91. The minimum absolute atomic E-state index is 0.366. The maximum Gasteiger partial charge on any atom is 0.170 e. The van der Waals surface area contributed by atoms with Crippen LogP contribution in [0.25, 0.3) is 0 Å². The Balaban J connectivity index is 1.61. The number of anilines is 1. The van der Waals surface area contributed by atoms with Gasteiger partial charge >= 0.3 is 0 Å². The second-order valence-electron chi connectivity index (χ2n) is 6.52. The first-order chi connectivity index (χ1) is 12.1. The molecule has 2 heterocycles. The Morgan fingerprint density at radius 2 is 1.92 bits per heavy atom. The number of thiophene rings is 1. The summed E-state index contributed by atoms with van der Waals surface area (Å²) in [6.45, 7) is 7.34. The molecule has 1 aliphatic heterocycles. The Labute approximate surface area is 159 Å². The van der Waals surface area contributed by atoms with E-state index < -0.39 is 0 Å². The van der Waals surface area contributed by atoms with E-state index in [0.717, 1.165) is 38.4 Å². The van der Waals surface area contributed by atoms with Crippen molar-refractivity contribution in [2.75, 3.05) is 45.1 Å². The highest BCUT2D eigenvalue weighted by molar-refractivity contribution is 7.80. The maximum absolute atomic E-state index is 5.52. The zero-order valence-electron chi connectivity index (χ0n) is 14.9. The molecule has 0 aliphatic carbocycles. The summed E-state index contributed by atoms with van der Waals surface area (Å²) in [6, 6.07) is 12.9. The molecule has 1 saturated heterocycles. The van der Waals surface area contributed by atoms with Crippen LogP contribution in [0.3, 0.4) is 0 Å². The molecule has 1 aromatic carbocycles. The fourth-order valence-electron chi connectivity index (χ4n) is 3.09. The van der Waals surface area contributed by atoms with Crippen molar-refractivity contribution in [2.24, 2.45) is 0 Å². The van der Waals surface area contributed by atoms with Gasteiger partial charge in [-0.05, 0) is 49.3 Å². The molecular weight excluding hydrogens is 348 g/mol. The van der Waals surface area contributed by atoms with Gasteiger partial charge in [-0.15, -0.1) is 11.3 Å². The van der Waals surface area contributed by atoms with E-state index in [9.17, 15) is 0 Å². The third kappa shape index (κ3) is 5.01. The average Bonchev–Trinajstić information content (AvgIpc) is 3.13. The second kappa shape index (κ2) is 8.76. The lowest BCUT2D eigenvalue weighted by Crippen LogP contribution is -2.48. The monoisotopic (exact) mass is 374 g/mol. The third-order valence-electron chi connectivity index (χ3n) is 4.70. The van der Waals surface area contributed by atoms with Gasteiger partial charge in [0.2, 0.25) is 0 Å². The zero-order valence-corrected chi connectivity index (χ0v) is 16.5. The molecule has 1 aromatic heterocycles. The number of thiocarbonyl (C=S) groups is 1. The molecule has 0 saturated carbocycles. The fourth-order valence-corrected chi connectivity index (χ4v) is 4.15. The van der Waals surface area contributed by atoms with Crippen molar-refractivity contribution >= 4 is 34.4 Å². The number of nitrogens with one attached hydrogen (secondary N) is 2. The first-order valence-corrected chi connectivity index (χ1v) is 9.99. The predicted molar refractivity (Wildman–Crippen MR) is 112 cm³/mol. The number of rotatable bonds is 5. The molecule has 0 spiro atoms. The lowest BCUT2D eigenvalue weighted by atomic mass is 10.1. The summed E-state index contributed by atoms with van der Waals surface area (Å²) >= 11 is 7.34. The molecular formula is C19H26N4S2. The van der Waals surface area contributed by atoms with Crippen LogP contribution >= 0.6 is 23.6 Å². The molecule has 1 atom stereocenters. The quantitative estimate of drug-likeness (QED) is 0.784. The molecule has 0 amide bonds. The molecule has 2 aromatic rings. The van der Waals surface area contributed by atoms with Crippen molar-refractivity contribution in [3.05, 3.63) is 52.2 Å². The topological polar surface area (TPSA) is 30.5 Å². The number of benzene rings is 1. The molecule has 2 N–H and O–H groups in total. The van der Waals surface area contributed by atoms with E-state index in [-0.39, 0.29) is 0 Å². The highest BCUT2D eigenvalue weighted by Gasteiger charge is 2.24. The highest BCUT2D eigenvalue weighted by atomic mass is 32.1. The van der Waals surface area contributed by atoms with Crippen molar-refractivity contribution in [1.29, 1.82) is 0 Å². The third-order valence-corrected chi connectivity index (χ3v) is 5.92. The van der Waals surface area contributed by atoms with Crippen LogP contribution in [0.2, 0.25) is 0 Å². The van der Waals surface area contributed by atoms with Crippen LogP contribution in [0.5, 0.6) is 0 Å². The molecule has 1 aliphatic rings. The summed E-state index contributed by atoms with van der Waals surface area (Å²) in [5.74, 6) is 0. The standard InChI is InChI=1S/C19H26N4S2/c1-15-6-3-4-7-16(15)21-19(24)20-14-17(18-8-5-13-25-18)23-11-9-22(2)10-12-23/h3-8,13,17H,9-12,14H2,1-2H3,(H2,20,21,24)/t17-/m1/s1. The molecule has 6 heteroatoms. The van der Waals surface area contributed by atoms with Crippen molar-refractivity contribution in [3.8, 4) is 0 Å². The molecule has 0 radical (unpaired) electrons. The smallest absolute Gasteiger partial charge is 0.170 e. The Morgan fingerprint density at radius 3 is 2.60 bits per heavy atom. The lowest BCUT2D eigenvalue weighted by molar-refractivity contribution is 0.114. The van der Waals surface area contributed by atoms with E-state index in [1.165, 1.54) is 10.4 Å². The molecule has 3 rings (SSSR count). The van der Waals surface area contributed by atoms with Crippen LogP contribution in [0.4, 0.5) is 5.69 Å². The summed E-state index contributed by atoms with van der Waals surface area (Å²) in [4.78, 5) is 6.35. The van der Waals surface area contributed by atoms with Gasteiger partial charge in [0.15, 0.2) is 5.11 Å². The Morgan fingerprint density at radius 1 is 1.16 bits per heavy atom. The van der Waals surface area contributed by atoms with Crippen LogP contribution < -0.4 is 10.6 Å².